The second kappa shape index (κ2) is 5.89. The van der Waals surface area contributed by atoms with E-state index in [-0.39, 0.29) is 21.0 Å². The van der Waals surface area contributed by atoms with Crippen LogP contribution in [0.3, 0.4) is 0 Å². The van der Waals surface area contributed by atoms with Gasteiger partial charge in [0.25, 0.3) is 0 Å². The van der Waals surface area contributed by atoms with Crippen LogP contribution >= 0.6 is 34.5 Å². The molecule has 1 atom stereocenters. The van der Waals surface area contributed by atoms with Crippen molar-refractivity contribution in [1.82, 2.24) is 4.72 Å². The van der Waals surface area contributed by atoms with Gasteiger partial charge in [-0.2, -0.15) is 0 Å². The maximum absolute atomic E-state index is 12.6. The topological polar surface area (TPSA) is 46.2 Å². The van der Waals surface area contributed by atoms with Crippen LogP contribution in [0.15, 0.2) is 40.6 Å². The average molecular weight is 362 g/mol. The van der Waals surface area contributed by atoms with E-state index in [1.807, 2.05) is 17.5 Å². The van der Waals surface area contributed by atoms with Gasteiger partial charge in [-0.05, 0) is 42.3 Å². The van der Waals surface area contributed by atoms with Crippen LogP contribution in [0.4, 0.5) is 0 Å². The van der Waals surface area contributed by atoms with E-state index in [1.165, 1.54) is 6.07 Å². The second-order valence-electron chi connectivity index (χ2n) is 5.00. The zero-order valence-corrected chi connectivity index (χ0v) is 14.1. The third-order valence-electron chi connectivity index (χ3n) is 3.43. The van der Waals surface area contributed by atoms with Gasteiger partial charge < -0.3 is 0 Å². The van der Waals surface area contributed by atoms with Gasteiger partial charge in [0.1, 0.15) is 4.90 Å². The molecule has 0 unspecified atom stereocenters. The predicted molar refractivity (Wildman–Crippen MR) is 86.6 cm³/mol. The summed E-state index contributed by atoms with van der Waals surface area (Å²) < 4.78 is 28.0. The Balaban J connectivity index is 1.93. The van der Waals surface area contributed by atoms with Crippen molar-refractivity contribution < 1.29 is 8.42 Å². The number of thiophene rings is 1. The minimum atomic E-state index is -3.70. The first kappa shape index (κ1) is 15.3. The number of nitrogens with one attached hydrogen (secondary N) is 1. The molecule has 1 N–H and O–H groups in total. The molecule has 0 saturated heterocycles. The van der Waals surface area contributed by atoms with Crippen molar-refractivity contribution >= 4 is 44.6 Å². The molecule has 1 aromatic carbocycles. The normalized spacial score (nSPS) is 16.9. The summed E-state index contributed by atoms with van der Waals surface area (Å²) in [6, 6.07) is 8.31. The van der Waals surface area contributed by atoms with Crippen molar-refractivity contribution in [1.29, 1.82) is 0 Å². The zero-order chi connectivity index (χ0) is 15.0. The molecule has 2 aromatic rings. The minimum absolute atomic E-state index is 0.0267. The molecule has 1 heterocycles. The van der Waals surface area contributed by atoms with Gasteiger partial charge in [-0.25, -0.2) is 13.1 Å². The molecule has 3 rings (SSSR count). The first-order chi connectivity index (χ1) is 9.99. The smallest absolute Gasteiger partial charge is 0.207 e. The molecule has 1 aliphatic rings. The van der Waals surface area contributed by atoms with Crippen molar-refractivity contribution in [2.45, 2.75) is 23.8 Å². The van der Waals surface area contributed by atoms with Crippen LogP contribution in [0.2, 0.25) is 10.0 Å². The lowest BCUT2D eigenvalue weighted by molar-refractivity contribution is 0.533. The van der Waals surface area contributed by atoms with Gasteiger partial charge in [-0.15, -0.1) is 11.3 Å². The van der Waals surface area contributed by atoms with Crippen LogP contribution in [-0.4, -0.2) is 8.42 Å². The maximum Gasteiger partial charge on any atom is 0.242 e. The molecule has 7 heteroatoms. The fraction of sp³-hybridized carbons (Fsp3) is 0.286. The molecule has 1 aliphatic carbocycles. The average Bonchev–Trinajstić information content (AvgIpc) is 3.13. The van der Waals surface area contributed by atoms with Crippen LogP contribution in [-0.2, 0) is 10.0 Å². The number of hydrogen-bond acceptors (Lipinski definition) is 3. The minimum Gasteiger partial charge on any atom is -0.207 e. The van der Waals surface area contributed by atoms with Crippen molar-refractivity contribution in [2.24, 2.45) is 5.92 Å². The SMILES string of the molecule is O=S(=O)(N[C@@H](c1cccs1)C1CC1)c1cccc(Cl)c1Cl. The Morgan fingerprint density at radius 3 is 2.57 bits per heavy atom. The Hall–Kier alpha value is -0.590. The van der Waals surface area contributed by atoms with Crippen LogP contribution in [0.5, 0.6) is 0 Å². The number of hydrogen-bond donors (Lipinski definition) is 1. The highest BCUT2D eigenvalue weighted by Gasteiger charge is 2.36. The van der Waals surface area contributed by atoms with Gasteiger partial charge in [0.05, 0.1) is 16.1 Å². The number of benzene rings is 1. The lowest BCUT2D eigenvalue weighted by Crippen LogP contribution is -2.29. The van der Waals surface area contributed by atoms with Crippen LogP contribution in [0.1, 0.15) is 23.8 Å². The van der Waals surface area contributed by atoms with Crippen LogP contribution < -0.4 is 4.72 Å². The zero-order valence-electron chi connectivity index (χ0n) is 10.9. The van der Waals surface area contributed by atoms with Gasteiger partial charge in [0, 0.05) is 4.88 Å². The molecular formula is C14H13Cl2NO2S2. The standard InChI is InChI=1S/C14H13Cl2NO2S2/c15-10-3-1-5-12(13(10)16)21(18,19)17-14(9-6-7-9)11-4-2-8-20-11/h1-5,8-9,14,17H,6-7H2/t14-/m1/s1. The molecule has 0 amide bonds. The highest BCUT2D eigenvalue weighted by atomic mass is 35.5. The highest BCUT2D eigenvalue weighted by Crippen LogP contribution is 2.43. The summed E-state index contributed by atoms with van der Waals surface area (Å²) in [5.74, 6) is 0.358. The monoisotopic (exact) mass is 361 g/mol. The Kier molecular flexibility index (Phi) is 4.30. The highest BCUT2D eigenvalue weighted by molar-refractivity contribution is 7.89. The van der Waals surface area contributed by atoms with Crippen molar-refractivity contribution in [3.05, 3.63) is 50.6 Å². The summed E-state index contributed by atoms with van der Waals surface area (Å²) in [7, 11) is -3.70. The second-order valence-corrected chi connectivity index (χ2v) is 8.45. The van der Waals surface area contributed by atoms with Crippen LogP contribution in [0, 0.1) is 5.92 Å². The molecule has 3 nitrogen and oxygen atoms in total. The molecule has 21 heavy (non-hydrogen) atoms. The molecular weight excluding hydrogens is 349 g/mol. The molecule has 0 radical (unpaired) electrons. The van der Waals surface area contributed by atoms with Gasteiger partial charge in [0.15, 0.2) is 0 Å². The summed E-state index contributed by atoms with van der Waals surface area (Å²) in [5.41, 5.74) is 0. The van der Waals surface area contributed by atoms with E-state index < -0.39 is 10.0 Å². The largest absolute Gasteiger partial charge is 0.242 e. The Morgan fingerprint density at radius 1 is 1.19 bits per heavy atom. The number of rotatable bonds is 5. The lowest BCUT2D eigenvalue weighted by atomic mass is 10.2. The van der Waals surface area contributed by atoms with Crippen molar-refractivity contribution in [3.63, 3.8) is 0 Å². The summed E-state index contributed by atoms with van der Waals surface area (Å²) >= 11 is 13.5. The summed E-state index contributed by atoms with van der Waals surface area (Å²) in [6.07, 6.45) is 2.07. The Bertz CT molecular complexity index is 740. The van der Waals surface area contributed by atoms with E-state index in [0.29, 0.717) is 5.92 Å². The van der Waals surface area contributed by atoms with Crippen molar-refractivity contribution in [2.75, 3.05) is 0 Å². The first-order valence-corrected chi connectivity index (χ1v) is 9.60. The van der Waals surface area contributed by atoms with E-state index in [9.17, 15) is 8.42 Å². The van der Waals surface area contributed by atoms with E-state index >= 15 is 0 Å². The Labute approximate surface area is 137 Å². The third-order valence-corrected chi connectivity index (χ3v) is 6.80. The van der Waals surface area contributed by atoms with Crippen LogP contribution in [0.25, 0.3) is 0 Å². The van der Waals surface area contributed by atoms with E-state index in [4.69, 9.17) is 23.2 Å². The molecule has 0 aliphatic heterocycles. The van der Waals surface area contributed by atoms with Crippen molar-refractivity contribution in [3.8, 4) is 0 Å². The number of sulfonamides is 1. The fourth-order valence-corrected chi connectivity index (χ4v) is 5.20. The maximum atomic E-state index is 12.6. The van der Waals surface area contributed by atoms with Gasteiger partial charge in [-0.1, -0.05) is 35.3 Å². The quantitative estimate of drug-likeness (QED) is 0.852. The lowest BCUT2D eigenvalue weighted by Gasteiger charge is -2.17. The van der Waals surface area contributed by atoms with Gasteiger partial charge in [0.2, 0.25) is 10.0 Å². The molecule has 1 aromatic heterocycles. The van der Waals surface area contributed by atoms with E-state index in [2.05, 4.69) is 4.72 Å². The first-order valence-electron chi connectivity index (χ1n) is 6.49. The molecule has 112 valence electrons. The predicted octanol–water partition coefficient (Wildman–Crippen LogP) is 4.48. The Morgan fingerprint density at radius 2 is 1.95 bits per heavy atom. The molecule has 0 bridgehead atoms. The summed E-state index contributed by atoms with van der Waals surface area (Å²) in [6.45, 7) is 0. The third kappa shape index (κ3) is 3.27. The molecule has 1 saturated carbocycles. The summed E-state index contributed by atoms with van der Waals surface area (Å²) in [5, 5.41) is 2.25. The van der Waals surface area contributed by atoms with E-state index in [0.717, 1.165) is 17.7 Å². The van der Waals surface area contributed by atoms with Gasteiger partial charge >= 0.3 is 0 Å². The van der Waals surface area contributed by atoms with Gasteiger partial charge in [-0.3, -0.25) is 0 Å². The molecule has 1 fully saturated rings. The summed E-state index contributed by atoms with van der Waals surface area (Å²) in [4.78, 5) is 1.05. The molecule has 0 spiro atoms. The fourth-order valence-electron chi connectivity index (χ4n) is 2.21. The van der Waals surface area contributed by atoms with E-state index in [1.54, 1.807) is 23.5 Å². The number of halogens is 2.